The summed E-state index contributed by atoms with van der Waals surface area (Å²) >= 11 is 0. The molecular weight excluding hydrogens is 398 g/mol. The van der Waals surface area contributed by atoms with E-state index in [0.717, 1.165) is 25.3 Å². The summed E-state index contributed by atoms with van der Waals surface area (Å²) in [5, 5.41) is 12.2. The Morgan fingerprint density at radius 3 is 2.71 bits per heavy atom. The number of nitrogens with zero attached hydrogens (tertiary/aromatic N) is 3. The molecule has 7 heteroatoms. The van der Waals surface area contributed by atoms with E-state index in [1.54, 1.807) is 30.6 Å². The van der Waals surface area contributed by atoms with Crippen LogP contribution in [-0.2, 0) is 0 Å². The number of fused-ring (bicyclic) bond motifs is 2. The minimum atomic E-state index is -0.881. The number of nitrogens with one attached hydrogen (secondary N) is 1. The second-order valence-electron chi connectivity index (χ2n) is 8.62. The molecule has 2 aliphatic carbocycles. The summed E-state index contributed by atoms with van der Waals surface area (Å²) in [4.78, 5) is 16.9. The van der Waals surface area contributed by atoms with Gasteiger partial charge in [0, 0.05) is 29.8 Å². The lowest BCUT2D eigenvalue weighted by Crippen LogP contribution is -2.37. The number of imidazole rings is 1. The van der Waals surface area contributed by atoms with Gasteiger partial charge in [-0.1, -0.05) is 13.0 Å². The smallest absolute Gasteiger partial charge is 0.251 e. The van der Waals surface area contributed by atoms with Crippen LogP contribution in [0.5, 0.6) is 0 Å². The van der Waals surface area contributed by atoms with Crippen LogP contribution in [0.15, 0.2) is 42.7 Å². The van der Waals surface area contributed by atoms with Crippen molar-refractivity contribution in [1.29, 1.82) is 5.26 Å². The van der Waals surface area contributed by atoms with Crippen molar-refractivity contribution >= 4 is 16.9 Å². The van der Waals surface area contributed by atoms with Gasteiger partial charge in [0.25, 0.3) is 5.91 Å². The average Bonchev–Trinajstić information content (AvgIpc) is 3.10. The number of benzene rings is 2. The van der Waals surface area contributed by atoms with Crippen molar-refractivity contribution in [2.24, 2.45) is 17.8 Å². The van der Waals surface area contributed by atoms with Crippen molar-refractivity contribution in [3.8, 4) is 6.07 Å². The number of nitriles is 1. The molecule has 3 aromatic rings. The van der Waals surface area contributed by atoms with E-state index in [4.69, 9.17) is 5.26 Å². The maximum Gasteiger partial charge on any atom is 0.251 e. The molecule has 0 bridgehead atoms. The van der Waals surface area contributed by atoms with Crippen molar-refractivity contribution in [2.75, 3.05) is 0 Å². The molecule has 1 amide bonds. The zero-order valence-corrected chi connectivity index (χ0v) is 17.1. The normalized spacial score (nSPS) is 25.1. The molecule has 1 N–H and O–H groups in total. The molecule has 1 heterocycles. The van der Waals surface area contributed by atoms with Crippen LogP contribution < -0.4 is 5.32 Å². The standard InChI is InChI=1S/C24H22F2N4O/c1-2-20(29-24(31)14-5-3-4-13(6-14)11-27)23-16-7-15(8-17(16)23)30-12-28-21-9-18(25)19(26)10-22(21)30/h3-6,9-10,12,15-17,20,23H,2,7-8H2,1H3,(H,29,31)/t15?,16-,17+,20-,23?/m1/s1. The predicted molar refractivity (Wildman–Crippen MR) is 111 cm³/mol. The lowest BCUT2D eigenvalue weighted by molar-refractivity contribution is 0.0927. The van der Waals surface area contributed by atoms with Crippen molar-refractivity contribution in [2.45, 2.75) is 38.3 Å². The summed E-state index contributed by atoms with van der Waals surface area (Å²) in [7, 11) is 0. The lowest BCUT2D eigenvalue weighted by atomic mass is 9.98. The summed E-state index contributed by atoms with van der Waals surface area (Å²) in [5.74, 6) is -0.456. The number of halogens is 2. The van der Waals surface area contributed by atoms with Crippen LogP contribution in [0.4, 0.5) is 8.78 Å². The summed E-state index contributed by atoms with van der Waals surface area (Å²) < 4.78 is 29.2. The molecule has 31 heavy (non-hydrogen) atoms. The van der Waals surface area contributed by atoms with Gasteiger partial charge in [0.15, 0.2) is 11.6 Å². The van der Waals surface area contributed by atoms with Gasteiger partial charge in [-0.25, -0.2) is 13.8 Å². The molecule has 2 fully saturated rings. The van der Waals surface area contributed by atoms with Gasteiger partial charge in [-0.2, -0.15) is 5.26 Å². The van der Waals surface area contributed by atoms with Gasteiger partial charge >= 0.3 is 0 Å². The Bertz CT molecular complexity index is 1200. The SMILES string of the molecule is CC[C@@H](NC(=O)c1cccc(C#N)c1)C1[C@H]2CC(n3cnc4cc(F)c(F)cc43)C[C@@H]12. The predicted octanol–water partition coefficient (Wildman–Crippen LogP) is 4.59. The third-order valence-corrected chi connectivity index (χ3v) is 6.97. The summed E-state index contributed by atoms with van der Waals surface area (Å²) in [5.41, 5.74) is 2.06. The lowest BCUT2D eigenvalue weighted by Gasteiger charge is -2.22. The van der Waals surface area contributed by atoms with Gasteiger partial charge in [-0.15, -0.1) is 0 Å². The van der Waals surface area contributed by atoms with Crippen LogP contribution in [0.1, 0.15) is 48.1 Å². The Morgan fingerprint density at radius 1 is 1.26 bits per heavy atom. The van der Waals surface area contributed by atoms with Crippen LogP contribution in [0.3, 0.4) is 0 Å². The van der Waals surface area contributed by atoms with Crippen molar-refractivity contribution in [1.82, 2.24) is 14.9 Å². The molecule has 5 atom stereocenters. The second-order valence-corrected chi connectivity index (χ2v) is 8.62. The number of hydrogen-bond acceptors (Lipinski definition) is 3. The number of aromatic nitrogens is 2. The third kappa shape index (κ3) is 3.36. The van der Waals surface area contributed by atoms with Crippen LogP contribution in [0, 0.1) is 40.7 Å². The molecule has 0 spiro atoms. The van der Waals surface area contributed by atoms with Crippen LogP contribution in [0.25, 0.3) is 11.0 Å². The molecule has 0 aliphatic heterocycles. The topological polar surface area (TPSA) is 70.7 Å². The fraction of sp³-hybridized carbons (Fsp3) is 0.375. The van der Waals surface area contributed by atoms with Gasteiger partial charge in [0.2, 0.25) is 0 Å². The van der Waals surface area contributed by atoms with E-state index in [2.05, 4.69) is 23.3 Å². The second kappa shape index (κ2) is 7.45. The van der Waals surface area contributed by atoms with Crippen LogP contribution >= 0.6 is 0 Å². The zero-order valence-electron chi connectivity index (χ0n) is 17.1. The molecule has 158 valence electrons. The first kappa shape index (κ1) is 19.7. The monoisotopic (exact) mass is 420 g/mol. The van der Waals surface area contributed by atoms with E-state index in [1.807, 2.05) is 4.57 Å². The number of carbonyl (C=O) groups is 1. The average molecular weight is 420 g/mol. The third-order valence-electron chi connectivity index (χ3n) is 6.97. The molecule has 0 saturated heterocycles. The van der Waals surface area contributed by atoms with Crippen molar-refractivity contribution in [3.63, 3.8) is 0 Å². The van der Waals surface area contributed by atoms with Crippen LogP contribution in [0.2, 0.25) is 0 Å². The molecule has 1 aromatic heterocycles. The first-order chi connectivity index (χ1) is 15.0. The van der Waals surface area contributed by atoms with E-state index in [0.29, 0.717) is 39.9 Å². The van der Waals surface area contributed by atoms with Crippen molar-refractivity contribution < 1.29 is 13.6 Å². The molecule has 5 rings (SSSR count). The Kier molecular flexibility index (Phi) is 4.73. The Hall–Kier alpha value is -3.27. The fourth-order valence-electron chi connectivity index (χ4n) is 5.45. The molecule has 2 aliphatic rings. The molecule has 2 aromatic carbocycles. The summed E-state index contributed by atoms with van der Waals surface area (Å²) in [6.07, 6.45) is 4.39. The van der Waals surface area contributed by atoms with E-state index in [1.165, 1.54) is 6.07 Å². The molecular formula is C24H22F2N4O. The van der Waals surface area contributed by atoms with Gasteiger partial charge in [-0.05, 0) is 55.2 Å². The minimum absolute atomic E-state index is 0.0836. The maximum atomic E-state index is 13.7. The van der Waals surface area contributed by atoms with Gasteiger partial charge < -0.3 is 9.88 Å². The van der Waals surface area contributed by atoms with Gasteiger partial charge in [0.05, 0.1) is 29.0 Å². The Labute approximate surface area is 178 Å². The highest BCUT2D eigenvalue weighted by atomic mass is 19.2. The number of rotatable bonds is 5. The number of hydrogen-bond donors (Lipinski definition) is 1. The first-order valence-corrected chi connectivity index (χ1v) is 10.6. The summed E-state index contributed by atoms with van der Waals surface area (Å²) in [6, 6.07) is 11.5. The van der Waals surface area contributed by atoms with E-state index < -0.39 is 11.6 Å². The van der Waals surface area contributed by atoms with Crippen LogP contribution in [-0.4, -0.2) is 21.5 Å². The van der Waals surface area contributed by atoms with E-state index in [-0.39, 0.29) is 18.0 Å². The maximum absolute atomic E-state index is 13.7. The van der Waals surface area contributed by atoms with Gasteiger partial charge in [0.1, 0.15) is 0 Å². The quantitative estimate of drug-likeness (QED) is 0.656. The number of carbonyl (C=O) groups excluding carboxylic acids is 1. The molecule has 2 saturated carbocycles. The minimum Gasteiger partial charge on any atom is -0.349 e. The summed E-state index contributed by atoms with van der Waals surface area (Å²) in [6.45, 7) is 2.07. The van der Waals surface area contributed by atoms with Crippen molar-refractivity contribution in [3.05, 3.63) is 65.5 Å². The highest BCUT2D eigenvalue weighted by molar-refractivity contribution is 5.94. The largest absolute Gasteiger partial charge is 0.349 e. The first-order valence-electron chi connectivity index (χ1n) is 10.6. The zero-order chi connectivity index (χ0) is 21.7. The number of amides is 1. The Morgan fingerprint density at radius 2 is 2.00 bits per heavy atom. The van der Waals surface area contributed by atoms with Gasteiger partial charge in [-0.3, -0.25) is 4.79 Å². The highest BCUT2D eigenvalue weighted by Crippen LogP contribution is 2.62. The molecule has 0 radical (unpaired) electrons. The van der Waals surface area contributed by atoms with E-state index >= 15 is 0 Å². The Balaban J connectivity index is 1.26. The molecule has 2 unspecified atom stereocenters. The highest BCUT2D eigenvalue weighted by Gasteiger charge is 2.59. The fourth-order valence-corrected chi connectivity index (χ4v) is 5.45. The molecule has 5 nitrogen and oxygen atoms in total. The van der Waals surface area contributed by atoms with E-state index in [9.17, 15) is 13.6 Å².